The SMILES string of the molecule is CC1=C[C@H]([C@H]2O[C@]34C(=CC[C@@H]3[C@@H]2C)[C@@H]2[C@H](O)C[C@H]3C(C)(C)O[C@@H]5CC(=O)O[C@@]53C[C@@]2(O)C[C@@H]4O)OC1=O. The van der Waals surface area contributed by atoms with Crippen molar-refractivity contribution in [3.63, 3.8) is 0 Å². The Hall–Kier alpha value is -1.78. The fourth-order valence-electron chi connectivity index (χ4n) is 9.49. The molecule has 3 saturated heterocycles. The van der Waals surface area contributed by atoms with Crippen molar-refractivity contribution in [1.29, 1.82) is 0 Å². The Labute approximate surface area is 215 Å². The molecule has 3 aliphatic carbocycles. The lowest BCUT2D eigenvalue weighted by Gasteiger charge is -2.53. The first kappa shape index (κ1) is 24.3. The molecule has 0 aromatic rings. The lowest BCUT2D eigenvalue weighted by atomic mass is 9.59. The molecule has 4 aliphatic heterocycles. The minimum absolute atomic E-state index is 0.0251. The summed E-state index contributed by atoms with van der Waals surface area (Å²) in [5, 5.41) is 35.8. The molecule has 202 valence electrons. The van der Waals surface area contributed by atoms with Crippen molar-refractivity contribution >= 4 is 11.9 Å². The number of rotatable bonds is 1. The van der Waals surface area contributed by atoms with Crippen LogP contribution in [0.1, 0.15) is 59.8 Å². The molecular weight excluding hydrogens is 480 g/mol. The number of hydrogen-bond donors (Lipinski definition) is 3. The van der Waals surface area contributed by atoms with Crippen LogP contribution in [0.15, 0.2) is 23.3 Å². The zero-order valence-electron chi connectivity index (χ0n) is 21.7. The zero-order valence-corrected chi connectivity index (χ0v) is 21.7. The highest BCUT2D eigenvalue weighted by Crippen LogP contribution is 2.66. The molecule has 7 rings (SSSR count). The molecule has 9 nitrogen and oxygen atoms in total. The molecule has 0 unspecified atom stereocenters. The topological polar surface area (TPSA) is 132 Å². The number of fused-ring (bicyclic) bond motifs is 2. The smallest absolute Gasteiger partial charge is 0.334 e. The molecule has 12 atom stereocenters. The van der Waals surface area contributed by atoms with Crippen LogP contribution in [0.2, 0.25) is 0 Å². The summed E-state index contributed by atoms with van der Waals surface area (Å²) < 4.78 is 24.6. The Balaban J connectivity index is 1.28. The second-order valence-electron chi connectivity index (χ2n) is 13.1. The van der Waals surface area contributed by atoms with E-state index < -0.39 is 58.8 Å². The van der Waals surface area contributed by atoms with E-state index in [1.165, 1.54) is 0 Å². The number of carbonyl (C=O) groups is 2. The average Bonchev–Trinajstić information content (AvgIpc) is 3.51. The number of allylic oxidation sites excluding steroid dienone is 1. The quantitative estimate of drug-likeness (QED) is 0.349. The predicted octanol–water partition coefficient (Wildman–Crippen LogP) is 1.32. The van der Waals surface area contributed by atoms with Crippen LogP contribution in [0.5, 0.6) is 0 Å². The van der Waals surface area contributed by atoms with Gasteiger partial charge in [0.1, 0.15) is 29.5 Å². The number of cyclic esters (lactones) is 1. The van der Waals surface area contributed by atoms with E-state index in [0.29, 0.717) is 18.4 Å². The van der Waals surface area contributed by atoms with Crippen molar-refractivity contribution < 1.29 is 43.9 Å². The van der Waals surface area contributed by atoms with Crippen LogP contribution < -0.4 is 0 Å². The summed E-state index contributed by atoms with van der Waals surface area (Å²) in [5.41, 5.74) is -3.04. The third kappa shape index (κ3) is 2.87. The van der Waals surface area contributed by atoms with E-state index in [9.17, 15) is 24.9 Å². The Kier molecular flexibility index (Phi) is 4.75. The van der Waals surface area contributed by atoms with E-state index in [-0.39, 0.29) is 49.0 Å². The van der Waals surface area contributed by atoms with Crippen molar-refractivity contribution in [2.24, 2.45) is 23.7 Å². The van der Waals surface area contributed by atoms with Crippen LogP contribution in [0.3, 0.4) is 0 Å². The second kappa shape index (κ2) is 7.24. The molecule has 2 saturated carbocycles. The number of esters is 2. The first-order valence-electron chi connectivity index (χ1n) is 13.6. The maximum atomic E-state index is 12.4. The van der Waals surface area contributed by atoms with E-state index >= 15 is 0 Å². The van der Waals surface area contributed by atoms with Gasteiger partial charge in [-0.15, -0.1) is 0 Å². The summed E-state index contributed by atoms with van der Waals surface area (Å²) in [5.74, 6) is -1.83. The second-order valence-corrected chi connectivity index (χ2v) is 13.1. The maximum absolute atomic E-state index is 12.4. The number of ether oxygens (including phenoxy) is 4. The molecule has 0 bridgehead atoms. The van der Waals surface area contributed by atoms with E-state index in [4.69, 9.17) is 18.9 Å². The Morgan fingerprint density at radius 1 is 1.14 bits per heavy atom. The lowest BCUT2D eigenvalue weighted by Crippen LogP contribution is -2.64. The van der Waals surface area contributed by atoms with Gasteiger partial charge in [0.2, 0.25) is 0 Å². The Morgan fingerprint density at radius 2 is 1.89 bits per heavy atom. The summed E-state index contributed by atoms with van der Waals surface area (Å²) in [6, 6.07) is 0. The molecule has 7 aliphatic rings. The van der Waals surface area contributed by atoms with Gasteiger partial charge in [0.15, 0.2) is 0 Å². The summed E-state index contributed by atoms with van der Waals surface area (Å²) in [7, 11) is 0. The van der Waals surface area contributed by atoms with Crippen molar-refractivity contribution in [1.82, 2.24) is 0 Å². The highest BCUT2D eigenvalue weighted by Gasteiger charge is 2.75. The summed E-state index contributed by atoms with van der Waals surface area (Å²) in [6.07, 6.45) is 1.43. The van der Waals surface area contributed by atoms with Crippen LogP contribution in [0.4, 0.5) is 0 Å². The lowest BCUT2D eigenvalue weighted by molar-refractivity contribution is -0.203. The molecular formula is C28H36O9. The number of carbonyl (C=O) groups excluding carboxylic acids is 2. The maximum Gasteiger partial charge on any atom is 0.334 e. The van der Waals surface area contributed by atoms with E-state index in [0.717, 1.165) is 5.57 Å². The monoisotopic (exact) mass is 516 g/mol. The molecule has 2 spiro atoms. The summed E-state index contributed by atoms with van der Waals surface area (Å²) in [4.78, 5) is 24.5. The van der Waals surface area contributed by atoms with Crippen molar-refractivity contribution in [3.8, 4) is 0 Å². The third-order valence-electron chi connectivity index (χ3n) is 10.9. The first-order valence-corrected chi connectivity index (χ1v) is 13.6. The number of aliphatic hydroxyl groups excluding tert-OH is 2. The van der Waals surface area contributed by atoms with Crippen molar-refractivity contribution in [2.75, 3.05) is 0 Å². The molecule has 9 heteroatoms. The summed E-state index contributed by atoms with van der Waals surface area (Å²) in [6.45, 7) is 7.67. The van der Waals surface area contributed by atoms with Gasteiger partial charge in [-0.05, 0) is 51.2 Å². The molecule has 0 aromatic heterocycles. The van der Waals surface area contributed by atoms with Crippen LogP contribution in [0, 0.1) is 23.7 Å². The van der Waals surface area contributed by atoms with Gasteiger partial charge in [-0.1, -0.05) is 13.0 Å². The van der Waals surface area contributed by atoms with E-state index in [1.54, 1.807) is 13.0 Å². The molecule has 3 N–H and O–H groups in total. The molecule has 5 fully saturated rings. The third-order valence-corrected chi connectivity index (χ3v) is 10.9. The van der Waals surface area contributed by atoms with Gasteiger partial charge < -0.3 is 34.3 Å². The Morgan fingerprint density at radius 3 is 2.59 bits per heavy atom. The standard InChI is InChI=1S/C28H36O9/c1-12-7-17(34-24(12)32)23-13(2)14-5-6-15-22-16(29)8-18-25(3,4)35-20-9-21(31)36-27(18,20)11-26(22,33)10-19(30)28(14,15)37-23/h6-7,13-14,16-20,22-23,29-30,33H,5,8-11H2,1-4H3/t13-,14+,16+,17+,18-,19-,20+,22+,23-,26-,27+,28-/m0/s1. The van der Waals surface area contributed by atoms with Gasteiger partial charge in [0, 0.05) is 36.2 Å². The van der Waals surface area contributed by atoms with Gasteiger partial charge in [-0.3, -0.25) is 4.79 Å². The number of hydrogen-bond acceptors (Lipinski definition) is 9. The number of aliphatic hydroxyl groups is 3. The van der Waals surface area contributed by atoms with Gasteiger partial charge in [0.25, 0.3) is 0 Å². The molecule has 0 aromatic carbocycles. The fourth-order valence-corrected chi connectivity index (χ4v) is 9.49. The van der Waals surface area contributed by atoms with Gasteiger partial charge in [-0.25, -0.2) is 4.79 Å². The van der Waals surface area contributed by atoms with Crippen LogP contribution in [-0.2, 0) is 28.5 Å². The predicted molar refractivity (Wildman–Crippen MR) is 127 cm³/mol. The van der Waals surface area contributed by atoms with Crippen LogP contribution >= 0.6 is 0 Å². The Bertz CT molecular complexity index is 1140. The van der Waals surface area contributed by atoms with Crippen molar-refractivity contribution in [2.45, 2.75) is 113 Å². The molecule has 4 heterocycles. The largest absolute Gasteiger partial charge is 0.456 e. The van der Waals surface area contributed by atoms with Crippen LogP contribution in [-0.4, -0.2) is 80.2 Å². The minimum Gasteiger partial charge on any atom is -0.456 e. The molecule has 0 radical (unpaired) electrons. The zero-order chi connectivity index (χ0) is 26.3. The highest BCUT2D eigenvalue weighted by molar-refractivity contribution is 5.90. The first-order chi connectivity index (χ1) is 17.3. The van der Waals surface area contributed by atoms with E-state index in [1.807, 2.05) is 19.9 Å². The minimum atomic E-state index is -1.52. The molecule has 0 amide bonds. The van der Waals surface area contributed by atoms with Gasteiger partial charge >= 0.3 is 11.9 Å². The summed E-state index contributed by atoms with van der Waals surface area (Å²) >= 11 is 0. The van der Waals surface area contributed by atoms with E-state index in [2.05, 4.69) is 6.92 Å². The highest BCUT2D eigenvalue weighted by atomic mass is 16.6. The van der Waals surface area contributed by atoms with Crippen molar-refractivity contribution in [3.05, 3.63) is 23.3 Å². The molecule has 37 heavy (non-hydrogen) atoms. The van der Waals surface area contributed by atoms with Gasteiger partial charge in [0.05, 0.1) is 29.8 Å². The fraction of sp³-hybridized carbons (Fsp3) is 0.786. The van der Waals surface area contributed by atoms with Gasteiger partial charge in [-0.2, -0.15) is 0 Å². The van der Waals surface area contributed by atoms with Crippen LogP contribution in [0.25, 0.3) is 0 Å². The average molecular weight is 517 g/mol. The normalized spacial score (nSPS) is 55.3.